The van der Waals surface area contributed by atoms with E-state index in [1.807, 2.05) is 49.1 Å². The minimum absolute atomic E-state index is 0.0585. The van der Waals surface area contributed by atoms with Gasteiger partial charge in [-0.05, 0) is 54.7 Å². The number of rotatable bonds is 5. The highest BCUT2D eigenvalue weighted by atomic mass is 35.5. The fourth-order valence-corrected chi connectivity index (χ4v) is 4.29. The Bertz CT molecular complexity index is 924. The van der Waals surface area contributed by atoms with Crippen molar-refractivity contribution in [2.75, 3.05) is 26.4 Å². The van der Waals surface area contributed by atoms with E-state index in [2.05, 4.69) is 6.07 Å². The Balaban J connectivity index is 1.68. The van der Waals surface area contributed by atoms with E-state index in [0.29, 0.717) is 37.1 Å². The molecule has 1 amide bonds. The molecule has 1 saturated heterocycles. The second-order valence-corrected chi connectivity index (χ2v) is 8.97. The molecule has 2 aliphatic rings. The summed E-state index contributed by atoms with van der Waals surface area (Å²) < 4.78 is 18.2. The van der Waals surface area contributed by atoms with Gasteiger partial charge in [0, 0.05) is 29.7 Å². The Hall–Kier alpha value is -2.24. The van der Waals surface area contributed by atoms with Gasteiger partial charge in [0.2, 0.25) is 5.91 Å². The fraction of sp³-hybridized carbons (Fsp3) is 0.480. The van der Waals surface area contributed by atoms with E-state index in [9.17, 15) is 4.79 Å². The molecule has 2 aliphatic heterocycles. The molecular weight excluding hydrogens is 414 g/mol. The molecule has 0 spiro atoms. The van der Waals surface area contributed by atoms with Crippen LogP contribution in [-0.4, -0.2) is 43.3 Å². The van der Waals surface area contributed by atoms with Crippen LogP contribution in [-0.2, 0) is 16.1 Å². The van der Waals surface area contributed by atoms with Crippen molar-refractivity contribution in [2.24, 2.45) is 5.92 Å². The van der Waals surface area contributed by atoms with Gasteiger partial charge in [0.15, 0.2) is 11.5 Å². The zero-order valence-electron chi connectivity index (χ0n) is 18.2. The fourth-order valence-electron chi connectivity index (χ4n) is 4.10. The quantitative estimate of drug-likeness (QED) is 0.626. The molecule has 0 bridgehead atoms. The van der Waals surface area contributed by atoms with Crippen molar-refractivity contribution in [3.63, 3.8) is 0 Å². The van der Waals surface area contributed by atoms with Crippen LogP contribution >= 0.6 is 11.6 Å². The van der Waals surface area contributed by atoms with Crippen LogP contribution < -0.4 is 9.47 Å². The number of carbonyl (C=O) groups is 1. The molecule has 166 valence electrons. The standard InChI is InChI=1S/C25H30ClNO4/c1-17(2)25(28)27-9-11-30-24-20(15-27)12-19(18-6-5-7-21(26)13-18)14-23(24)31-16-22-8-3-4-10-29-22/h5-7,12-14,17,22H,3-4,8-11,15-16H2,1-2H3. The van der Waals surface area contributed by atoms with Crippen LogP contribution in [0.5, 0.6) is 11.5 Å². The van der Waals surface area contributed by atoms with Crippen LogP contribution in [0.25, 0.3) is 11.1 Å². The lowest BCUT2D eigenvalue weighted by atomic mass is 10.0. The first-order valence-corrected chi connectivity index (χ1v) is 11.5. The topological polar surface area (TPSA) is 48.0 Å². The first kappa shape index (κ1) is 22.0. The van der Waals surface area contributed by atoms with Crippen molar-refractivity contribution >= 4 is 17.5 Å². The Morgan fingerprint density at radius 1 is 1.19 bits per heavy atom. The summed E-state index contributed by atoms with van der Waals surface area (Å²) in [5, 5.41) is 0.679. The SMILES string of the molecule is CC(C)C(=O)N1CCOc2c(cc(-c3cccc(Cl)c3)cc2OCC2CCCCO2)C1. The van der Waals surface area contributed by atoms with Crippen molar-refractivity contribution in [1.82, 2.24) is 4.90 Å². The van der Waals surface area contributed by atoms with Crippen LogP contribution in [0.15, 0.2) is 36.4 Å². The minimum Gasteiger partial charge on any atom is -0.487 e. The van der Waals surface area contributed by atoms with Crippen molar-refractivity contribution in [3.05, 3.63) is 47.0 Å². The molecule has 2 aromatic carbocycles. The van der Waals surface area contributed by atoms with E-state index in [1.54, 1.807) is 0 Å². The summed E-state index contributed by atoms with van der Waals surface area (Å²) in [7, 11) is 0. The second kappa shape index (κ2) is 9.92. The van der Waals surface area contributed by atoms with Gasteiger partial charge >= 0.3 is 0 Å². The smallest absolute Gasteiger partial charge is 0.225 e. The van der Waals surface area contributed by atoms with E-state index >= 15 is 0 Å². The Kier molecular flexibility index (Phi) is 7.03. The summed E-state index contributed by atoms with van der Waals surface area (Å²) in [6, 6.07) is 11.8. The Morgan fingerprint density at radius 2 is 2.06 bits per heavy atom. The predicted octanol–water partition coefficient (Wildman–Crippen LogP) is 5.33. The summed E-state index contributed by atoms with van der Waals surface area (Å²) in [5.41, 5.74) is 2.94. The molecule has 4 rings (SSSR count). The van der Waals surface area contributed by atoms with Crippen molar-refractivity contribution < 1.29 is 19.0 Å². The van der Waals surface area contributed by atoms with Gasteiger partial charge in [-0.1, -0.05) is 37.6 Å². The van der Waals surface area contributed by atoms with Gasteiger partial charge in [-0.15, -0.1) is 0 Å². The first-order valence-electron chi connectivity index (χ1n) is 11.1. The van der Waals surface area contributed by atoms with E-state index in [4.69, 9.17) is 25.8 Å². The molecule has 0 aliphatic carbocycles. The maximum absolute atomic E-state index is 12.7. The molecule has 2 heterocycles. The number of nitrogens with zero attached hydrogens (tertiary/aromatic N) is 1. The van der Waals surface area contributed by atoms with E-state index < -0.39 is 0 Å². The first-order chi connectivity index (χ1) is 15.0. The summed E-state index contributed by atoms with van der Waals surface area (Å²) in [5.74, 6) is 1.49. The van der Waals surface area contributed by atoms with Gasteiger partial charge in [-0.3, -0.25) is 4.79 Å². The number of benzene rings is 2. The van der Waals surface area contributed by atoms with E-state index in [-0.39, 0.29) is 17.9 Å². The maximum atomic E-state index is 12.7. The lowest BCUT2D eigenvalue weighted by Gasteiger charge is -2.24. The zero-order chi connectivity index (χ0) is 21.8. The zero-order valence-corrected chi connectivity index (χ0v) is 19.0. The Labute approximate surface area is 189 Å². The number of ether oxygens (including phenoxy) is 3. The summed E-state index contributed by atoms with van der Waals surface area (Å²) in [6.07, 6.45) is 3.38. The summed E-state index contributed by atoms with van der Waals surface area (Å²) in [4.78, 5) is 14.5. The number of hydrogen-bond acceptors (Lipinski definition) is 4. The molecule has 1 fully saturated rings. The largest absolute Gasteiger partial charge is 0.487 e. The van der Waals surface area contributed by atoms with Crippen LogP contribution in [0.4, 0.5) is 0 Å². The van der Waals surface area contributed by atoms with Crippen LogP contribution in [0.1, 0.15) is 38.7 Å². The van der Waals surface area contributed by atoms with Crippen molar-refractivity contribution in [2.45, 2.75) is 45.8 Å². The molecule has 0 saturated carbocycles. The molecule has 0 aromatic heterocycles. The molecule has 31 heavy (non-hydrogen) atoms. The third-order valence-electron chi connectivity index (χ3n) is 5.76. The lowest BCUT2D eigenvalue weighted by Crippen LogP contribution is -2.35. The van der Waals surface area contributed by atoms with Gasteiger partial charge in [-0.2, -0.15) is 0 Å². The summed E-state index contributed by atoms with van der Waals surface area (Å²) >= 11 is 6.24. The van der Waals surface area contributed by atoms with Crippen LogP contribution in [0, 0.1) is 5.92 Å². The van der Waals surface area contributed by atoms with E-state index in [0.717, 1.165) is 48.3 Å². The van der Waals surface area contributed by atoms with Gasteiger partial charge in [0.05, 0.1) is 12.6 Å². The lowest BCUT2D eigenvalue weighted by molar-refractivity contribution is -0.135. The van der Waals surface area contributed by atoms with Gasteiger partial charge in [-0.25, -0.2) is 0 Å². The maximum Gasteiger partial charge on any atom is 0.225 e. The highest BCUT2D eigenvalue weighted by Crippen LogP contribution is 2.39. The third kappa shape index (κ3) is 5.34. The third-order valence-corrected chi connectivity index (χ3v) is 6.00. The number of carbonyl (C=O) groups excluding carboxylic acids is 1. The monoisotopic (exact) mass is 443 g/mol. The van der Waals surface area contributed by atoms with Crippen LogP contribution in [0.2, 0.25) is 5.02 Å². The number of fused-ring (bicyclic) bond motifs is 1. The Morgan fingerprint density at radius 3 is 2.81 bits per heavy atom. The second-order valence-electron chi connectivity index (χ2n) is 8.54. The predicted molar refractivity (Wildman–Crippen MR) is 122 cm³/mol. The normalized spacial score (nSPS) is 18.8. The molecule has 1 unspecified atom stereocenters. The minimum atomic E-state index is -0.0585. The van der Waals surface area contributed by atoms with Crippen molar-refractivity contribution in [3.8, 4) is 22.6 Å². The van der Waals surface area contributed by atoms with Crippen LogP contribution in [0.3, 0.4) is 0 Å². The molecule has 1 atom stereocenters. The average molecular weight is 444 g/mol. The van der Waals surface area contributed by atoms with Gasteiger partial charge in [0.25, 0.3) is 0 Å². The molecule has 0 radical (unpaired) electrons. The van der Waals surface area contributed by atoms with Gasteiger partial charge < -0.3 is 19.1 Å². The average Bonchev–Trinajstić information content (AvgIpc) is 3.00. The highest BCUT2D eigenvalue weighted by Gasteiger charge is 2.25. The molecule has 5 nitrogen and oxygen atoms in total. The molecular formula is C25H30ClNO4. The molecule has 6 heteroatoms. The molecule has 0 N–H and O–H groups in total. The van der Waals surface area contributed by atoms with Gasteiger partial charge in [0.1, 0.15) is 13.2 Å². The van der Waals surface area contributed by atoms with Crippen molar-refractivity contribution in [1.29, 1.82) is 0 Å². The summed E-state index contributed by atoms with van der Waals surface area (Å²) in [6.45, 7) is 6.63. The molecule has 2 aromatic rings. The van der Waals surface area contributed by atoms with E-state index in [1.165, 1.54) is 0 Å². The number of halogens is 1. The highest BCUT2D eigenvalue weighted by molar-refractivity contribution is 6.30. The number of hydrogen-bond donors (Lipinski definition) is 0. The number of amides is 1.